The summed E-state index contributed by atoms with van der Waals surface area (Å²) in [6, 6.07) is 11.5. The van der Waals surface area contributed by atoms with Crippen LogP contribution in [0.4, 0.5) is 4.79 Å². The molecule has 0 saturated carbocycles. The molecule has 0 unspecified atom stereocenters. The van der Waals surface area contributed by atoms with Crippen LogP contribution >= 0.6 is 0 Å². The van der Waals surface area contributed by atoms with Crippen molar-refractivity contribution >= 4 is 6.09 Å². The summed E-state index contributed by atoms with van der Waals surface area (Å²) >= 11 is 0. The number of benzene rings is 1. The van der Waals surface area contributed by atoms with Crippen LogP contribution in [0.1, 0.15) is 11.1 Å². The average molecular weight is 272 g/mol. The molecule has 0 aliphatic heterocycles. The van der Waals surface area contributed by atoms with E-state index >= 15 is 0 Å². The third kappa shape index (κ3) is 4.61. The lowest BCUT2D eigenvalue weighted by Crippen LogP contribution is -2.23. The number of hydrogen-bond donors (Lipinski definition) is 2. The highest BCUT2D eigenvalue weighted by Gasteiger charge is 1.99. The molecule has 5 nitrogen and oxygen atoms in total. The van der Waals surface area contributed by atoms with Crippen molar-refractivity contribution in [1.29, 1.82) is 0 Å². The van der Waals surface area contributed by atoms with Gasteiger partial charge in [-0.2, -0.15) is 0 Å². The van der Waals surface area contributed by atoms with Gasteiger partial charge in [-0.25, -0.2) is 4.79 Å². The Hall–Kier alpha value is -2.56. The normalized spacial score (nSPS) is 10.0. The highest BCUT2D eigenvalue weighted by Crippen LogP contribution is 2.14. The smallest absolute Gasteiger partial charge is 0.404 e. The second-order valence-corrected chi connectivity index (χ2v) is 4.28. The Kier molecular flexibility index (Phi) is 4.94. The minimum absolute atomic E-state index is 0.408. The van der Waals surface area contributed by atoms with E-state index in [1.807, 2.05) is 36.4 Å². The van der Waals surface area contributed by atoms with E-state index in [-0.39, 0.29) is 0 Å². The number of pyridine rings is 1. The van der Waals surface area contributed by atoms with E-state index in [0.29, 0.717) is 19.6 Å². The Morgan fingerprint density at radius 1 is 1.20 bits per heavy atom. The van der Waals surface area contributed by atoms with Crippen molar-refractivity contribution in [2.75, 3.05) is 6.54 Å². The standard InChI is InChI=1S/C15H16N2O3/c18-15(19)17-9-7-12-3-5-14(6-4-12)20-11-13-2-1-8-16-10-13/h1-6,8,10,17H,7,9,11H2,(H,18,19). The number of nitrogens with one attached hydrogen (secondary N) is 1. The van der Waals surface area contributed by atoms with Crippen LogP contribution in [0.15, 0.2) is 48.8 Å². The lowest BCUT2D eigenvalue weighted by Gasteiger charge is -2.07. The van der Waals surface area contributed by atoms with Gasteiger partial charge in [0, 0.05) is 24.5 Å². The number of amides is 1. The molecule has 0 bridgehead atoms. The topological polar surface area (TPSA) is 71.5 Å². The Morgan fingerprint density at radius 2 is 2.00 bits per heavy atom. The maximum absolute atomic E-state index is 10.3. The number of carbonyl (C=O) groups is 1. The first-order valence-corrected chi connectivity index (χ1v) is 6.31. The predicted molar refractivity (Wildman–Crippen MR) is 74.7 cm³/mol. The summed E-state index contributed by atoms with van der Waals surface area (Å²) in [4.78, 5) is 14.4. The van der Waals surface area contributed by atoms with Crippen LogP contribution < -0.4 is 10.1 Å². The number of carboxylic acid groups (broad SMARTS) is 1. The largest absolute Gasteiger partial charge is 0.489 e. The van der Waals surface area contributed by atoms with Gasteiger partial charge in [-0.3, -0.25) is 4.98 Å². The first-order valence-electron chi connectivity index (χ1n) is 6.31. The number of ether oxygens (including phenoxy) is 1. The summed E-state index contributed by atoms with van der Waals surface area (Å²) in [7, 11) is 0. The van der Waals surface area contributed by atoms with Crippen molar-refractivity contribution in [3.8, 4) is 5.75 Å². The summed E-state index contributed by atoms with van der Waals surface area (Å²) < 4.78 is 5.64. The van der Waals surface area contributed by atoms with Crippen molar-refractivity contribution in [3.63, 3.8) is 0 Å². The maximum Gasteiger partial charge on any atom is 0.404 e. The number of hydrogen-bond acceptors (Lipinski definition) is 3. The van der Waals surface area contributed by atoms with Crippen molar-refractivity contribution in [2.24, 2.45) is 0 Å². The molecule has 0 aliphatic rings. The Morgan fingerprint density at radius 3 is 2.65 bits per heavy atom. The first kappa shape index (κ1) is 13.9. The summed E-state index contributed by atoms with van der Waals surface area (Å²) in [5.74, 6) is 0.781. The average Bonchev–Trinajstić information content (AvgIpc) is 2.47. The Bertz CT molecular complexity index is 541. The minimum atomic E-state index is -0.999. The van der Waals surface area contributed by atoms with Gasteiger partial charge in [0.05, 0.1) is 0 Å². The molecule has 104 valence electrons. The second kappa shape index (κ2) is 7.13. The zero-order valence-corrected chi connectivity index (χ0v) is 11.0. The van der Waals surface area contributed by atoms with Crippen LogP contribution in [0.25, 0.3) is 0 Å². The van der Waals surface area contributed by atoms with Crippen molar-refractivity contribution < 1.29 is 14.6 Å². The van der Waals surface area contributed by atoms with E-state index in [4.69, 9.17) is 9.84 Å². The van der Waals surface area contributed by atoms with E-state index in [0.717, 1.165) is 16.9 Å². The van der Waals surface area contributed by atoms with E-state index in [1.165, 1.54) is 0 Å². The second-order valence-electron chi connectivity index (χ2n) is 4.28. The van der Waals surface area contributed by atoms with E-state index in [2.05, 4.69) is 10.3 Å². The molecule has 0 atom stereocenters. The quantitative estimate of drug-likeness (QED) is 0.847. The first-order chi connectivity index (χ1) is 9.74. The van der Waals surface area contributed by atoms with Crippen LogP contribution in [0.3, 0.4) is 0 Å². The molecule has 20 heavy (non-hydrogen) atoms. The Labute approximate surface area is 117 Å². The fourth-order valence-electron chi connectivity index (χ4n) is 1.72. The summed E-state index contributed by atoms with van der Waals surface area (Å²) in [5, 5.41) is 10.8. The molecule has 2 rings (SSSR count). The molecule has 2 N–H and O–H groups in total. The van der Waals surface area contributed by atoms with Crippen LogP contribution in [-0.2, 0) is 13.0 Å². The van der Waals surface area contributed by atoms with Crippen LogP contribution in [0, 0.1) is 0 Å². The third-order valence-corrected chi connectivity index (χ3v) is 2.74. The Balaban J connectivity index is 1.81. The van der Waals surface area contributed by atoms with Crippen molar-refractivity contribution in [2.45, 2.75) is 13.0 Å². The van der Waals surface area contributed by atoms with Gasteiger partial charge < -0.3 is 15.2 Å². The van der Waals surface area contributed by atoms with Gasteiger partial charge in [0.2, 0.25) is 0 Å². The molecule has 0 radical (unpaired) electrons. The minimum Gasteiger partial charge on any atom is -0.489 e. The van der Waals surface area contributed by atoms with E-state index < -0.39 is 6.09 Å². The van der Waals surface area contributed by atoms with Gasteiger partial charge in [-0.05, 0) is 30.2 Å². The summed E-state index contributed by atoms with van der Waals surface area (Å²) in [6.07, 6.45) is 3.16. The molecule has 0 saturated heterocycles. The molecule has 1 aromatic heterocycles. The summed E-state index contributed by atoms with van der Waals surface area (Å²) in [6.45, 7) is 0.888. The van der Waals surface area contributed by atoms with Gasteiger partial charge in [0.25, 0.3) is 0 Å². The van der Waals surface area contributed by atoms with E-state index in [9.17, 15) is 4.79 Å². The predicted octanol–water partition coefficient (Wildman–Crippen LogP) is 2.47. The van der Waals surface area contributed by atoms with Gasteiger partial charge >= 0.3 is 6.09 Å². The number of nitrogens with zero attached hydrogens (tertiary/aromatic N) is 1. The fourth-order valence-corrected chi connectivity index (χ4v) is 1.72. The van der Waals surface area contributed by atoms with Gasteiger partial charge in [-0.1, -0.05) is 18.2 Å². The highest BCUT2D eigenvalue weighted by molar-refractivity contribution is 5.64. The van der Waals surface area contributed by atoms with Crippen molar-refractivity contribution in [3.05, 3.63) is 59.9 Å². The summed E-state index contributed by atoms with van der Waals surface area (Å²) in [5.41, 5.74) is 2.08. The lowest BCUT2D eigenvalue weighted by atomic mass is 10.1. The molecule has 1 aromatic carbocycles. The molecule has 0 aliphatic carbocycles. The van der Waals surface area contributed by atoms with Gasteiger partial charge in [0.15, 0.2) is 0 Å². The molecule has 0 fully saturated rings. The number of rotatable bonds is 6. The fraction of sp³-hybridized carbons (Fsp3) is 0.200. The molecular weight excluding hydrogens is 256 g/mol. The van der Waals surface area contributed by atoms with Gasteiger partial charge in [0.1, 0.15) is 12.4 Å². The third-order valence-electron chi connectivity index (χ3n) is 2.74. The molecule has 1 amide bonds. The van der Waals surface area contributed by atoms with E-state index in [1.54, 1.807) is 12.4 Å². The monoisotopic (exact) mass is 272 g/mol. The molecular formula is C15H16N2O3. The lowest BCUT2D eigenvalue weighted by molar-refractivity contribution is 0.194. The molecule has 0 spiro atoms. The SMILES string of the molecule is O=C(O)NCCc1ccc(OCc2cccnc2)cc1. The van der Waals surface area contributed by atoms with Crippen LogP contribution in [-0.4, -0.2) is 22.7 Å². The van der Waals surface area contributed by atoms with Crippen LogP contribution in [0.5, 0.6) is 5.75 Å². The van der Waals surface area contributed by atoms with Crippen molar-refractivity contribution in [1.82, 2.24) is 10.3 Å². The highest BCUT2D eigenvalue weighted by atomic mass is 16.5. The maximum atomic E-state index is 10.3. The zero-order chi connectivity index (χ0) is 14.2. The van der Waals surface area contributed by atoms with Gasteiger partial charge in [-0.15, -0.1) is 0 Å². The molecule has 2 aromatic rings. The molecule has 5 heteroatoms. The van der Waals surface area contributed by atoms with Crippen LogP contribution in [0.2, 0.25) is 0 Å². The number of aromatic nitrogens is 1. The zero-order valence-electron chi connectivity index (χ0n) is 11.0. The molecule has 1 heterocycles.